The Kier molecular flexibility index (Phi) is 9.68. The second-order valence-electron chi connectivity index (χ2n) is 16.5. The molecule has 1 aliphatic heterocycles. The lowest BCUT2D eigenvalue weighted by molar-refractivity contribution is 0.421. The van der Waals surface area contributed by atoms with Gasteiger partial charge in [0.05, 0.1) is 28.3 Å². The van der Waals surface area contributed by atoms with Crippen molar-refractivity contribution >= 4 is 0 Å². The van der Waals surface area contributed by atoms with Crippen molar-refractivity contribution in [2.24, 2.45) is 0 Å². The minimum absolute atomic E-state index is 0.405. The van der Waals surface area contributed by atoms with E-state index < -0.39 is 5.41 Å². The summed E-state index contributed by atoms with van der Waals surface area (Å²) in [6.07, 6.45) is 0. The van der Waals surface area contributed by atoms with E-state index in [1.807, 2.05) is 91.0 Å². The predicted molar refractivity (Wildman–Crippen MR) is 257 cm³/mol. The maximum absolute atomic E-state index is 7.18. The van der Waals surface area contributed by atoms with Crippen molar-refractivity contribution in [2.75, 3.05) is 0 Å². The van der Waals surface area contributed by atoms with E-state index in [1.54, 1.807) is 0 Å². The topological polar surface area (TPSA) is 60.8 Å². The lowest BCUT2D eigenvalue weighted by atomic mass is 9.74. The van der Waals surface area contributed by atoms with Crippen LogP contribution in [0.15, 0.2) is 206 Å². The van der Waals surface area contributed by atoms with E-state index in [2.05, 4.69) is 141 Å². The average molecular weight is 821 g/mol. The number of ether oxygens (including phenoxy) is 1. The molecule has 0 aliphatic carbocycles. The normalized spacial score (nSPS) is 12.3. The third-order valence-corrected chi connectivity index (χ3v) is 12.0. The van der Waals surface area contributed by atoms with Crippen LogP contribution in [-0.4, -0.2) is 19.9 Å². The van der Waals surface area contributed by atoms with Gasteiger partial charge in [-0.3, -0.25) is 0 Å². The molecule has 0 saturated heterocycles. The Bertz CT molecular complexity index is 2980. The van der Waals surface area contributed by atoms with Gasteiger partial charge in [0, 0.05) is 55.5 Å². The average Bonchev–Trinajstić information content (AvgIpc) is 3.37. The smallest absolute Gasteiger partial charge is 0.160 e. The third kappa shape index (κ3) is 7.17. The molecule has 10 aromatic rings. The monoisotopic (exact) mass is 820 g/mol. The van der Waals surface area contributed by atoms with Gasteiger partial charge in [-0.25, -0.2) is 19.9 Å². The number of nitrogens with zero attached hydrogens (tertiary/aromatic N) is 4. The summed E-state index contributed by atoms with van der Waals surface area (Å²) in [5, 5.41) is 0. The Hall–Kier alpha value is -8.46. The molecule has 0 bridgehead atoms. The van der Waals surface area contributed by atoms with Gasteiger partial charge in [0.2, 0.25) is 0 Å². The van der Waals surface area contributed by atoms with Gasteiger partial charge in [0.1, 0.15) is 11.5 Å². The van der Waals surface area contributed by atoms with Gasteiger partial charge in [-0.15, -0.1) is 0 Å². The summed E-state index contributed by atoms with van der Waals surface area (Å²) in [5.41, 5.74) is 14.9. The van der Waals surface area contributed by atoms with Crippen molar-refractivity contribution in [1.82, 2.24) is 19.9 Å². The van der Waals surface area contributed by atoms with Crippen molar-refractivity contribution in [3.05, 3.63) is 230 Å². The summed E-state index contributed by atoms with van der Waals surface area (Å²) >= 11 is 0. The number of para-hydroxylation sites is 1. The van der Waals surface area contributed by atoms with Crippen LogP contribution in [0.3, 0.4) is 0 Å². The quantitative estimate of drug-likeness (QED) is 0.153. The molecule has 0 saturated carbocycles. The van der Waals surface area contributed by atoms with E-state index in [0.717, 1.165) is 101 Å². The van der Waals surface area contributed by atoms with Crippen LogP contribution in [0.4, 0.5) is 0 Å². The molecule has 0 radical (unpaired) electrons. The summed E-state index contributed by atoms with van der Waals surface area (Å²) < 4.78 is 7.18. The summed E-state index contributed by atoms with van der Waals surface area (Å²) in [6, 6.07) is 77.3. The zero-order valence-electron chi connectivity index (χ0n) is 35.3. The van der Waals surface area contributed by atoms with E-state index >= 15 is 0 Å². The predicted octanol–water partition coefficient (Wildman–Crippen LogP) is 14.6. The lowest BCUT2D eigenvalue weighted by Crippen LogP contribution is -2.24. The highest BCUT2D eigenvalue weighted by molar-refractivity contribution is 5.84. The number of benzene rings is 7. The number of rotatable bonds is 8. The van der Waals surface area contributed by atoms with Gasteiger partial charge in [0.15, 0.2) is 11.6 Å². The van der Waals surface area contributed by atoms with Crippen LogP contribution in [0.1, 0.15) is 25.0 Å². The number of fused-ring (bicyclic) bond motifs is 2. The summed E-state index contributed by atoms with van der Waals surface area (Å²) in [7, 11) is 0. The summed E-state index contributed by atoms with van der Waals surface area (Å²) in [5.74, 6) is 2.94. The molecular formula is C59H40N4O. The van der Waals surface area contributed by atoms with Crippen LogP contribution < -0.4 is 4.74 Å². The summed E-state index contributed by atoms with van der Waals surface area (Å²) in [4.78, 5) is 20.3. The second-order valence-corrected chi connectivity index (χ2v) is 16.5. The molecule has 3 heterocycles. The molecule has 5 heteroatoms. The summed E-state index contributed by atoms with van der Waals surface area (Å²) in [6.45, 7) is 4.52. The first-order valence-corrected chi connectivity index (χ1v) is 21.5. The molecule has 2 aromatic heterocycles. The molecule has 0 N–H and O–H groups in total. The van der Waals surface area contributed by atoms with Gasteiger partial charge >= 0.3 is 0 Å². The maximum Gasteiger partial charge on any atom is 0.160 e. The van der Waals surface area contributed by atoms with Crippen molar-refractivity contribution in [2.45, 2.75) is 19.3 Å². The van der Waals surface area contributed by atoms with Crippen molar-refractivity contribution < 1.29 is 4.74 Å². The molecule has 5 nitrogen and oxygen atoms in total. The van der Waals surface area contributed by atoms with E-state index in [4.69, 9.17) is 24.7 Å². The fraction of sp³-hybridized carbons (Fsp3) is 0.0508. The van der Waals surface area contributed by atoms with Gasteiger partial charge in [-0.1, -0.05) is 202 Å². The van der Waals surface area contributed by atoms with Crippen molar-refractivity contribution in [1.29, 1.82) is 0 Å². The first kappa shape index (κ1) is 38.5. The fourth-order valence-corrected chi connectivity index (χ4v) is 8.64. The highest BCUT2D eigenvalue weighted by Gasteiger charge is 2.37. The van der Waals surface area contributed by atoms with Crippen molar-refractivity contribution in [3.8, 4) is 102 Å². The lowest BCUT2D eigenvalue weighted by Gasteiger charge is -2.35. The Labute approximate surface area is 373 Å². The van der Waals surface area contributed by atoms with Crippen LogP contribution in [-0.2, 0) is 5.41 Å². The highest BCUT2D eigenvalue weighted by atomic mass is 16.5. The van der Waals surface area contributed by atoms with E-state index in [0.29, 0.717) is 11.6 Å². The zero-order valence-corrected chi connectivity index (χ0v) is 35.3. The Morgan fingerprint density at radius 2 is 0.797 bits per heavy atom. The molecule has 0 spiro atoms. The largest absolute Gasteiger partial charge is 0.455 e. The molecular weight excluding hydrogens is 781 g/mol. The molecule has 8 aromatic carbocycles. The molecule has 0 unspecified atom stereocenters. The minimum atomic E-state index is -0.405. The first-order valence-electron chi connectivity index (χ1n) is 21.5. The SMILES string of the molecule is CC1(C)c2cc#cc(-c3cccc(-c4cc(-c5ccccc5)nc(-c5ccccc5)n4)c3)c2Oc2c(-c3cccc(-c4cc(-c5ccccc5)nc(-c5ccccc5)n4)c3)cccc21. The van der Waals surface area contributed by atoms with E-state index in [1.165, 1.54) is 0 Å². The highest BCUT2D eigenvalue weighted by Crippen LogP contribution is 2.53. The van der Waals surface area contributed by atoms with Crippen LogP contribution in [0.2, 0.25) is 0 Å². The third-order valence-electron chi connectivity index (χ3n) is 12.0. The molecule has 0 fully saturated rings. The number of hydrogen-bond acceptors (Lipinski definition) is 5. The van der Waals surface area contributed by atoms with E-state index in [-0.39, 0.29) is 0 Å². The minimum Gasteiger partial charge on any atom is -0.455 e. The Balaban J connectivity index is 0.996. The zero-order chi connectivity index (χ0) is 43.0. The molecule has 1 aliphatic rings. The van der Waals surface area contributed by atoms with Gasteiger partial charge in [0.25, 0.3) is 0 Å². The van der Waals surface area contributed by atoms with Gasteiger partial charge in [-0.05, 0) is 41.5 Å². The van der Waals surface area contributed by atoms with Crippen LogP contribution >= 0.6 is 0 Å². The van der Waals surface area contributed by atoms with Crippen molar-refractivity contribution in [3.63, 3.8) is 0 Å². The van der Waals surface area contributed by atoms with Gasteiger partial charge < -0.3 is 4.74 Å². The molecule has 302 valence electrons. The van der Waals surface area contributed by atoms with Crippen LogP contribution in [0.25, 0.3) is 90.1 Å². The molecule has 11 rings (SSSR count). The van der Waals surface area contributed by atoms with Gasteiger partial charge in [-0.2, -0.15) is 0 Å². The molecule has 0 atom stereocenters. The van der Waals surface area contributed by atoms with Crippen LogP contribution in [0, 0.1) is 12.1 Å². The van der Waals surface area contributed by atoms with Crippen LogP contribution in [0.5, 0.6) is 11.5 Å². The Morgan fingerprint density at radius 3 is 1.33 bits per heavy atom. The Morgan fingerprint density at radius 1 is 0.375 bits per heavy atom. The standard InChI is InChI=1S/C59H40N4O/c1-59(2)49-33-17-31-47(43-27-15-29-45(35-43)53-37-51(39-19-7-3-8-20-39)60-57(62-53)41-23-11-5-12-24-41)55(49)64-56-48(32-18-34-50(56)59)44-28-16-30-46(36-44)54-38-52(40-21-9-4-10-22-40)61-58(63-54)42-25-13-6-14-26-42/h3-17,19-31,33-38H,1-2H3. The first-order chi connectivity index (χ1) is 31.5. The molecule has 64 heavy (non-hydrogen) atoms. The number of hydrogen-bond donors (Lipinski definition) is 0. The molecule has 0 amide bonds. The fourth-order valence-electron chi connectivity index (χ4n) is 8.64. The maximum atomic E-state index is 7.18. The second kappa shape index (κ2) is 16.1. The van der Waals surface area contributed by atoms with E-state index in [9.17, 15) is 0 Å². The number of aromatic nitrogens is 4.